The average Bonchev–Trinajstić information content (AvgIpc) is 2.49. The summed E-state index contributed by atoms with van der Waals surface area (Å²) in [6.45, 7) is 3.72. The van der Waals surface area contributed by atoms with Gasteiger partial charge in [0.2, 0.25) is 5.91 Å². The molecule has 0 saturated heterocycles. The lowest BCUT2D eigenvalue weighted by Gasteiger charge is -2.15. The lowest BCUT2D eigenvalue weighted by atomic mass is 10.1. The Morgan fingerprint density at radius 3 is 2.68 bits per heavy atom. The molecule has 0 aliphatic rings. The van der Waals surface area contributed by atoms with Gasteiger partial charge in [-0.1, -0.05) is 35.9 Å². The Balaban J connectivity index is 1.90. The molecule has 1 atom stereocenters. The van der Waals surface area contributed by atoms with Crippen molar-refractivity contribution in [3.63, 3.8) is 0 Å². The van der Waals surface area contributed by atoms with E-state index in [9.17, 15) is 9.18 Å². The minimum atomic E-state index is -0.338. The Morgan fingerprint density at radius 2 is 2.00 bits per heavy atom. The van der Waals surface area contributed by atoms with Gasteiger partial charge in [0.1, 0.15) is 5.82 Å². The van der Waals surface area contributed by atoms with Crippen LogP contribution in [-0.4, -0.2) is 12.5 Å². The van der Waals surface area contributed by atoms with Crippen molar-refractivity contribution in [2.45, 2.75) is 19.9 Å². The van der Waals surface area contributed by atoms with E-state index in [1.807, 2.05) is 31.2 Å². The fourth-order valence-electron chi connectivity index (χ4n) is 2.06. The molecule has 0 fully saturated rings. The third-order valence-electron chi connectivity index (χ3n) is 3.40. The fourth-order valence-corrected chi connectivity index (χ4v) is 2.36. The highest BCUT2D eigenvalue weighted by atomic mass is 35.5. The second-order valence-corrected chi connectivity index (χ2v) is 5.54. The number of aryl methyl sites for hydroxylation is 1. The molecular formula is C17H18ClFN2O. The highest BCUT2D eigenvalue weighted by Gasteiger charge is 2.11. The number of nitrogens with one attached hydrogen (secondary N) is 2. The van der Waals surface area contributed by atoms with Crippen LogP contribution in [0.25, 0.3) is 0 Å². The molecule has 2 N–H and O–H groups in total. The molecule has 0 heterocycles. The molecule has 0 saturated carbocycles. The molecule has 0 spiro atoms. The molecule has 0 bridgehead atoms. The molecule has 0 radical (unpaired) electrons. The lowest BCUT2D eigenvalue weighted by Crippen LogP contribution is -2.30. The number of rotatable bonds is 5. The molecule has 5 heteroatoms. The van der Waals surface area contributed by atoms with Gasteiger partial charge >= 0.3 is 0 Å². The Morgan fingerprint density at radius 1 is 1.27 bits per heavy atom. The first kappa shape index (κ1) is 16.5. The van der Waals surface area contributed by atoms with E-state index in [4.69, 9.17) is 11.6 Å². The van der Waals surface area contributed by atoms with Gasteiger partial charge in [0.05, 0.1) is 6.54 Å². The number of halogens is 2. The summed E-state index contributed by atoms with van der Waals surface area (Å²) < 4.78 is 13.4. The van der Waals surface area contributed by atoms with Gasteiger partial charge in [-0.2, -0.15) is 0 Å². The molecule has 116 valence electrons. The number of hydrogen-bond donors (Lipinski definition) is 2. The maximum atomic E-state index is 13.4. The van der Waals surface area contributed by atoms with Crippen molar-refractivity contribution in [2.75, 3.05) is 11.9 Å². The zero-order valence-electron chi connectivity index (χ0n) is 12.5. The number of hydrogen-bond acceptors (Lipinski definition) is 2. The Bertz CT molecular complexity index is 675. The molecular weight excluding hydrogens is 303 g/mol. The monoisotopic (exact) mass is 320 g/mol. The first-order valence-corrected chi connectivity index (χ1v) is 7.39. The lowest BCUT2D eigenvalue weighted by molar-refractivity contribution is -0.115. The van der Waals surface area contributed by atoms with E-state index >= 15 is 0 Å². The van der Waals surface area contributed by atoms with Crippen LogP contribution in [0, 0.1) is 12.7 Å². The molecule has 2 aromatic rings. The molecule has 2 rings (SSSR count). The van der Waals surface area contributed by atoms with Crippen LogP contribution < -0.4 is 10.6 Å². The van der Waals surface area contributed by atoms with Gasteiger partial charge in [0.25, 0.3) is 0 Å². The van der Waals surface area contributed by atoms with Crippen molar-refractivity contribution in [1.29, 1.82) is 0 Å². The van der Waals surface area contributed by atoms with Crippen LogP contribution in [0.15, 0.2) is 42.5 Å². The van der Waals surface area contributed by atoms with Crippen LogP contribution in [0.5, 0.6) is 0 Å². The predicted octanol–water partition coefficient (Wildman–Crippen LogP) is 4.08. The van der Waals surface area contributed by atoms with Crippen molar-refractivity contribution in [2.24, 2.45) is 0 Å². The molecule has 2 aromatic carbocycles. The maximum Gasteiger partial charge on any atom is 0.238 e. The summed E-state index contributed by atoms with van der Waals surface area (Å²) in [6.07, 6.45) is 0. The van der Waals surface area contributed by atoms with E-state index in [-0.39, 0.29) is 24.3 Å². The standard InChI is InChI=1S/C17H18ClFN2O/c1-11-7-8-13(9-16(11)19)21-17(22)10-20-12(2)14-5-3-4-6-15(14)18/h3-9,12,20H,10H2,1-2H3,(H,21,22). The normalized spacial score (nSPS) is 12.0. The van der Waals surface area contributed by atoms with E-state index in [0.717, 1.165) is 5.56 Å². The summed E-state index contributed by atoms with van der Waals surface area (Å²) in [5.41, 5.74) is 1.92. The maximum absolute atomic E-state index is 13.4. The number of carbonyl (C=O) groups is 1. The third-order valence-corrected chi connectivity index (χ3v) is 3.74. The van der Waals surface area contributed by atoms with Crippen molar-refractivity contribution in [1.82, 2.24) is 5.32 Å². The van der Waals surface area contributed by atoms with Crippen molar-refractivity contribution >= 4 is 23.2 Å². The second kappa shape index (κ2) is 7.38. The molecule has 0 aliphatic heterocycles. The zero-order valence-corrected chi connectivity index (χ0v) is 13.2. The summed E-state index contributed by atoms with van der Waals surface area (Å²) in [7, 11) is 0. The summed E-state index contributed by atoms with van der Waals surface area (Å²) >= 11 is 6.11. The topological polar surface area (TPSA) is 41.1 Å². The van der Waals surface area contributed by atoms with Crippen LogP contribution >= 0.6 is 11.6 Å². The summed E-state index contributed by atoms with van der Waals surface area (Å²) in [5.74, 6) is -0.572. The zero-order chi connectivity index (χ0) is 16.1. The minimum absolute atomic E-state index is 0.0609. The van der Waals surface area contributed by atoms with Crippen LogP contribution in [0.3, 0.4) is 0 Å². The molecule has 1 amide bonds. The van der Waals surface area contributed by atoms with E-state index in [2.05, 4.69) is 10.6 Å². The Labute approximate surface area is 134 Å². The number of anilines is 1. The number of amides is 1. The van der Waals surface area contributed by atoms with Crippen molar-refractivity contribution in [3.8, 4) is 0 Å². The van der Waals surface area contributed by atoms with Crippen LogP contribution in [0.1, 0.15) is 24.1 Å². The van der Waals surface area contributed by atoms with Gasteiger partial charge in [0.15, 0.2) is 0 Å². The quantitative estimate of drug-likeness (QED) is 0.871. The van der Waals surface area contributed by atoms with E-state index in [1.165, 1.54) is 6.07 Å². The van der Waals surface area contributed by atoms with Gasteiger partial charge in [-0.3, -0.25) is 4.79 Å². The summed E-state index contributed by atoms with van der Waals surface area (Å²) in [6, 6.07) is 12.0. The van der Waals surface area contributed by atoms with Gasteiger partial charge < -0.3 is 10.6 Å². The smallest absolute Gasteiger partial charge is 0.238 e. The summed E-state index contributed by atoms with van der Waals surface area (Å²) in [5, 5.41) is 6.41. The Hall–Kier alpha value is -1.91. The Kier molecular flexibility index (Phi) is 5.52. The molecule has 3 nitrogen and oxygen atoms in total. The van der Waals surface area contributed by atoms with Crippen LogP contribution in [0.4, 0.5) is 10.1 Å². The SMILES string of the molecule is Cc1ccc(NC(=O)CNC(C)c2ccccc2Cl)cc1F. The van der Waals surface area contributed by atoms with E-state index in [0.29, 0.717) is 16.3 Å². The average molecular weight is 321 g/mol. The molecule has 22 heavy (non-hydrogen) atoms. The van der Waals surface area contributed by atoms with Gasteiger partial charge in [-0.15, -0.1) is 0 Å². The highest BCUT2D eigenvalue weighted by molar-refractivity contribution is 6.31. The largest absolute Gasteiger partial charge is 0.325 e. The minimum Gasteiger partial charge on any atom is -0.325 e. The fraction of sp³-hybridized carbons (Fsp3) is 0.235. The predicted molar refractivity (Wildman–Crippen MR) is 87.6 cm³/mol. The third kappa shape index (κ3) is 4.29. The summed E-state index contributed by atoms with van der Waals surface area (Å²) in [4.78, 5) is 11.9. The van der Waals surface area contributed by atoms with Crippen LogP contribution in [-0.2, 0) is 4.79 Å². The first-order chi connectivity index (χ1) is 10.5. The van der Waals surface area contributed by atoms with Gasteiger partial charge in [-0.05, 0) is 43.2 Å². The first-order valence-electron chi connectivity index (χ1n) is 7.01. The molecule has 1 unspecified atom stereocenters. The van der Waals surface area contributed by atoms with Gasteiger partial charge in [-0.25, -0.2) is 4.39 Å². The van der Waals surface area contributed by atoms with E-state index < -0.39 is 0 Å². The highest BCUT2D eigenvalue weighted by Crippen LogP contribution is 2.21. The number of benzene rings is 2. The van der Waals surface area contributed by atoms with Crippen molar-refractivity contribution < 1.29 is 9.18 Å². The van der Waals surface area contributed by atoms with Gasteiger partial charge in [0, 0.05) is 16.8 Å². The van der Waals surface area contributed by atoms with Crippen molar-refractivity contribution in [3.05, 3.63) is 64.4 Å². The molecule has 0 aliphatic carbocycles. The number of carbonyl (C=O) groups excluding carboxylic acids is 1. The van der Waals surface area contributed by atoms with E-state index in [1.54, 1.807) is 19.1 Å². The second-order valence-electron chi connectivity index (χ2n) is 5.14. The molecule has 0 aromatic heterocycles. The van der Waals surface area contributed by atoms with Crippen LogP contribution in [0.2, 0.25) is 5.02 Å².